The van der Waals surface area contributed by atoms with Gasteiger partial charge in [-0.2, -0.15) is 0 Å². The molecule has 0 aromatic rings. The Morgan fingerprint density at radius 3 is 2.53 bits per heavy atom. The molecule has 0 saturated carbocycles. The Morgan fingerprint density at radius 1 is 1.40 bits per heavy atom. The molecule has 0 aliphatic rings. The smallest absolute Gasteiger partial charge is 0.246 e. The van der Waals surface area contributed by atoms with Crippen LogP contribution >= 0.6 is 0 Å². The van der Waals surface area contributed by atoms with Gasteiger partial charge in [0.05, 0.1) is 0 Å². The van der Waals surface area contributed by atoms with Gasteiger partial charge in [-0.1, -0.05) is 26.7 Å². The topological polar surface area (TPSA) is 81.4 Å². The molecule has 0 fully saturated rings. The second-order valence-electron chi connectivity index (χ2n) is 3.47. The van der Waals surface area contributed by atoms with E-state index in [4.69, 9.17) is 5.73 Å². The Balaban J connectivity index is 3.77. The standard InChI is InChI=1S/C10H20N2O3/c1-3-5-6-8(4-2)10(14)12-15-7-9(11)13/h8H,3-7H2,1-2H3,(H2,11,13)(H,12,14). The molecule has 0 spiro atoms. The van der Waals surface area contributed by atoms with Crippen molar-refractivity contribution in [3.05, 3.63) is 0 Å². The van der Waals surface area contributed by atoms with Crippen LogP contribution in [0, 0.1) is 5.92 Å². The van der Waals surface area contributed by atoms with Gasteiger partial charge >= 0.3 is 0 Å². The predicted molar refractivity (Wildman–Crippen MR) is 56.6 cm³/mol. The van der Waals surface area contributed by atoms with E-state index in [1.165, 1.54) is 0 Å². The molecule has 5 heteroatoms. The van der Waals surface area contributed by atoms with Gasteiger partial charge in [0.15, 0.2) is 6.61 Å². The van der Waals surface area contributed by atoms with Gasteiger partial charge in [-0.25, -0.2) is 5.48 Å². The summed E-state index contributed by atoms with van der Waals surface area (Å²) in [5, 5.41) is 0. The summed E-state index contributed by atoms with van der Waals surface area (Å²) in [5.41, 5.74) is 7.09. The van der Waals surface area contributed by atoms with Crippen LogP contribution in [0.5, 0.6) is 0 Å². The molecule has 0 aromatic carbocycles. The number of nitrogens with two attached hydrogens (primary N) is 1. The van der Waals surface area contributed by atoms with Crippen LogP contribution in [0.2, 0.25) is 0 Å². The van der Waals surface area contributed by atoms with Gasteiger partial charge in [0.25, 0.3) is 0 Å². The van der Waals surface area contributed by atoms with Crippen LogP contribution in [0.4, 0.5) is 0 Å². The fourth-order valence-electron chi connectivity index (χ4n) is 1.23. The van der Waals surface area contributed by atoms with Gasteiger partial charge in [0.2, 0.25) is 11.8 Å². The van der Waals surface area contributed by atoms with Crippen LogP contribution in [-0.2, 0) is 14.4 Å². The lowest BCUT2D eigenvalue weighted by atomic mass is 9.99. The molecule has 3 N–H and O–H groups in total. The predicted octanol–water partition coefficient (Wildman–Crippen LogP) is 0.736. The maximum atomic E-state index is 11.5. The van der Waals surface area contributed by atoms with E-state index in [-0.39, 0.29) is 18.4 Å². The number of hydroxylamine groups is 1. The lowest BCUT2D eigenvalue weighted by molar-refractivity contribution is -0.141. The highest BCUT2D eigenvalue weighted by molar-refractivity contribution is 5.78. The normalized spacial score (nSPS) is 12.1. The molecule has 88 valence electrons. The maximum absolute atomic E-state index is 11.5. The van der Waals surface area contributed by atoms with Crippen molar-refractivity contribution in [1.29, 1.82) is 0 Å². The van der Waals surface area contributed by atoms with Crippen molar-refractivity contribution in [3.8, 4) is 0 Å². The fraction of sp³-hybridized carbons (Fsp3) is 0.800. The number of carbonyl (C=O) groups is 2. The highest BCUT2D eigenvalue weighted by atomic mass is 16.7. The molecule has 0 heterocycles. The van der Waals surface area contributed by atoms with E-state index in [2.05, 4.69) is 17.2 Å². The first-order valence-corrected chi connectivity index (χ1v) is 5.31. The summed E-state index contributed by atoms with van der Waals surface area (Å²) >= 11 is 0. The second kappa shape index (κ2) is 8.23. The number of nitrogens with one attached hydrogen (secondary N) is 1. The Labute approximate surface area is 90.3 Å². The van der Waals surface area contributed by atoms with Crippen molar-refractivity contribution in [2.75, 3.05) is 6.61 Å². The van der Waals surface area contributed by atoms with E-state index in [0.717, 1.165) is 25.7 Å². The van der Waals surface area contributed by atoms with E-state index in [1.54, 1.807) is 0 Å². The molecule has 0 bridgehead atoms. The fourth-order valence-corrected chi connectivity index (χ4v) is 1.23. The van der Waals surface area contributed by atoms with Crippen molar-refractivity contribution in [2.45, 2.75) is 39.5 Å². The summed E-state index contributed by atoms with van der Waals surface area (Å²) < 4.78 is 0. The lowest BCUT2D eigenvalue weighted by Gasteiger charge is -2.13. The van der Waals surface area contributed by atoms with E-state index in [0.29, 0.717) is 0 Å². The molecule has 0 radical (unpaired) electrons. The summed E-state index contributed by atoms with van der Waals surface area (Å²) in [7, 11) is 0. The first kappa shape index (κ1) is 13.9. The minimum atomic E-state index is -0.600. The minimum Gasteiger partial charge on any atom is -0.368 e. The summed E-state index contributed by atoms with van der Waals surface area (Å²) in [5.74, 6) is -0.818. The summed E-state index contributed by atoms with van der Waals surface area (Å²) in [6, 6.07) is 0. The molecule has 0 aromatic heterocycles. The molecule has 15 heavy (non-hydrogen) atoms. The molecule has 0 aliphatic carbocycles. The van der Waals surface area contributed by atoms with Crippen LogP contribution in [0.25, 0.3) is 0 Å². The van der Waals surface area contributed by atoms with Crippen LogP contribution in [-0.4, -0.2) is 18.4 Å². The number of rotatable bonds is 8. The number of hydrogen-bond donors (Lipinski definition) is 2. The second-order valence-corrected chi connectivity index (χ2v) is 3.47. The van der Waals surface area contributed by atoms with Gasteiger partial charge < -0.3 is 5.73 Å². The monoisotopic (exact) mass is 216 g/mol. The maximum Gasteiger partial charge on any atom is 0.246 e. The first-order valence-electron chi connectivity index (χ1n) is 5.31. The highest BCUT2D eigenvalue weighted by Crippen LogP contribution is 2.12. The van der Waals surface area contributed by atoms with Gasteiger partial charge in [-0.3, -0.25) is 14.4 Å². The molecule has 0 rings (SSSR count). The summed E-state index contributed by atoms with van der Waals surface area (Å²) in [6.07, 6.45) is 3.69. The third-order valence-electron chi connectivity index (χ3n) is 2.16. The van der Waals surface area contributed by atoms with Gasteiger partial charge in [0.1, 0.15) is 0 Å². The molecular formula is C10H20N2O3. The Bertz CT molecular complexity index is 207. The van der Waals surface area contributed by atoms with Crippen molar-refractivity contribution >= 4 is 11.8 Å². The van der Waals surface area contributed by atoms with Crippen molar-refractivity contribution in [3.63, 3.8) is 0 Å². The number of carbonyl (C=O) groups excluding carboxylic acids is 2. The van der Waals surface area contributed by atoms with Crippen molar-refractivity contribution in [2.24, 2.45) is 11.7 Å². The molecule has 1 atom stereocenters. The van der Waals surface area contributed by atoms with E-state index in [9.17, 15) is 9.59 Å². The third-order valence-corrected chi connectivity index (χ3v) is 2.16. The third kappa shape index (κ3) is 6.90. The van der Waals surface area contributed by atoms with E-state index in [1.807, 2.05) is 6.92 Å². The average Bonchev–Trinajstić information content (AvgIpc) is 2.18. The molecule has 5 nitrogen and oxygen atoms in total. The van der Waals surface area contributed by atoms with E-state index >= 15 is 0 Å². The summed E-state index contributed by atoms with van der Waals surface area (Å²) in [4.78, 5) is 26.5. The lowest BCUT2D eigenvalue weighted by Crippen LogP contribution is -2.33. The number of unbranched alkanes of at least 4 members (excludes halogenated alkanes) is 1. The van der Waals surface area contributed by atoms with E-state index < -0.39 is 5.91 Å². The van der Waals surface area contributed by atoms with Gasteiger partial charge in [-0.05, 0) is 12.8 Å². The average molecular weight is 216 g/mol. The zero-order valence-electron chi connectivity index (χ0n) is 9.41. The largest absolute Gasteiger partial charge is 0.368 e. The molecule has 0 saturated heterocycles. The first-order chi connectivity index (χ1) is 7.11. The van der Waals surface area contributed by atoms with Crippen LogP contribution in [0.1, 0.15) is 39.5 Å². The number of hydrogen-bond acceptors (Lipinski definition) is 3. The molecule has 2 amide bonds. The number of amides is 2. The summed E-state index contributed by atoms with van der Waals surface area (Å²) in [6.45, 7) is 3.75. The molecule has 0 aliphatic heterocycles. The quantitative estimate of drug-likeness (QED) is 0.587. The Morgan fingerprint density at radius 2 is 2.07 bits per heavy atom. The molecular weight excluding hydrogens is 196 g/mol. The van der Waals surface area contributed by atoms with Crippen LogP contribution in [0.3, 0.4) is 0 Å². The van der Waals surface area contributed by atoms with Gasteiger partial charge in [-0.15, -0.1) is 0 Å². The zero-order valence-corrected chi connectivity index (χ0v) is 9.41. The molecule has 1 unspecified atom stereocenters. The Hall–Kier alpha value is -1.10. The minimum absolute atomic E-state index is 0.0437. The van der Waals surface area contributed by atoms with Crippen molar-refractivity contribution < 1.29 is 14.4 Å². The Kier molecular flexibility index (Phi) is 7.62. The zero-order chi connectivity index (χ0) is 11.7. The SMILES string of the molecule is CCCCC(CC)C(=O)NOCC(N)=O. The van der Waals surface area contributed by atoms with Crippen LogP contribution < -0.4 is 11.2 Å². The highest BCUT2D eigenvalue weighted by Gasteiger charge is 2.15. The number of primary amides is 1. The van der Waals surface area contributed by atoms with Gasteiger partial charge in [0, 0.05) is 5.92 Å². The van der Waals surface area contributed by atoms with Crippen molar-refractivity contribution in [1.82, 2.24) is 5.48 Å². The van der Waals surface area contributed by atoms with Crippen LogP contribution in [0.15, 0.2) is 0 Å².